The van der Waals surface area contributed by atoms with Crippen LogP contribution in [0.5, 0.6) is 5.75 Å². The molecule has 2 aromatic rings. The summed E-state index contributed by atoms with van der Waals surface area (Å²) in [5, 5.41) is 3.97. The summed E-state index contributed by atoms with van der Waals surface area (Å²) in [6.07, 6.45) is 0. The third-order valence-corrected chi connectivity index (χ3v) is 3.67. The van der Waals surface area contributed by atoms with Crippen LogP contribution in [0.3, 0.4) is 0 Å². The highest BCUT2D eigenvalue weighted by atomic mass is 79.9. The average Bonchev–Trinajstić information content (AvgIpc) is 2.86. The number of hydrogen-bond donors (Lipinski definition) is 1. The Morgan fingerprint density at radius 2 is 2.05 bits per heavy atom. The molecule has 0 spiro atoms. The molecule has 2 rings (SSSR count). The van der Waals surface area contributed by atoms with Gasteiger partial charge in [0.05, 0.1) is 17.6 Å². The van der Waals surface area contributed by atoms with Crippen molar-refractivity contribution in [2.45, 2.75) is 26.8 Å². The number of hydrogen-bond acceptors (Lipinski definition) is 5. The molecule has 1 aromatic heterocycles. The van der Waals surface area contributed by atoms with Crippen molar-refractivity contribution < 1.29 is 9.26 Å². The minimum absolute atomic E-state index is 0.123. The smallest absolute Gasteiger partial charge is 0.258 e. The minimum Gasteiger partial charge on any atom is -0.496 e. The molecule has 0 saturated carbocycles. The summed E-state index contributed by atoms with van der Waals surface area (Å²) in [7, 11) is 1.62. The van der Waals surface area contributed by atoms with Crippen molar-refractivity contribution in [3.8, 4) is 17.2 Å². The van der Waals surface area contributed by atoms with Crippen LogP contribution < -0.4 is 10.5 Å². The van der Waals surface area contributed by atoms with Gasteiger partial charge in [-0.15, -0.1) is 0 Å². The van der Waals surface area contributed by atoms with Gasteiger partial charge in [-0.1, -0.05) is 25.9 Å². The summed E-state index contributed by atoms with van der Waals surface area (Å²) >= 11 is 3.43. The van der Waals surface area contributed by atoms with Crippen LogP contribution >= 0.6 is 15.9 Å². The Hall–Kier alpha value is -1.40. The molecule has 0 bridgehead atoms. The van der Waals surface area contributed by atoms with E-state index in [4.69, 9.17) is 15.0 Å². The Kier molecular flexibility index (Phi) is 4.15. The van der Waals surface area contributed by atoms with Crippen molar-refractivity contribution >= 4 is 15.9 Å². The maximum atomic E-state index is 6.12. The highest BCUT2D eigenvalue weighted by Gasteiger charge is 2.27. The van der Waals surface area contributed by atoms with E-state index in [1.807, 2.05) is 39.0 Å². The molecule has 0 aliphatic heterocycles. The molecule has 5 nitrogen and oxygen atoms in total. The first-order valence-electron chi connectivity index (χ1n) is 6.26. The lowest BCUT2D eigenvalue weighted by Gasteiger charge is -2.23. The predicted octanol–water partition coefficient (Wildman–Crippen LogP) is 3.55. The molecule has 1 aromatic carbocycles. The monoisotopic (exact) mass is 339 g/mol. The van der Waals surface area contributed by atoms with E-state index in [0.29, 0.717) is 11.7 Å². The van der Waals surface area contributed by atoms with E-state index in [9.17, 15) is 0 Å². The predicted molar refractivity (Wildman–Crippen MR) is 80.4 cm³/mol. The third-order valence-electron chi connectivity index (χ3n) is 3.05. The lowest BCUT2D eigenvalue weighted by Crippen LogP contribution is -2.27. The highest BCUT2D eigenvalue weighted by molar-refractivity contribution is 9.10. The van der Waals surface area contributed by atoms with Crippen LogP contribution in [0.15, 0.2) is 27.2 Å². The molecule has 1 unspecified atom stereocenters. The van der Waals surface area contributed by atoms with E-state index in [1.165, 1.54) is 0 Å². The van der Waals surface area contributed by atoms with E-state index in [2.05, 4.69) is 26.1 Å². The molecular weight excluding hydrogens is 322 g/mol. The zero-order valence-electron chi connectivity index (χ0n) is 12.0. The number of rotatable bonds is 3. The quantitative estimate of drug-likeness (QED) is 0.925. The Morgan fingerprint density at radius 3 is 2.60 bits per heavy atom. The van der Waals surface area contributed by atoms with Crippen molar-refractivity contribution in [1.29, 1.82) is 0 Å². The van der Waals surface area contributed by atoms with Gasteiger partial charge in [-0.3, -0.25) is 0 Å². The summed E-state index contributed by atoms with van der Waals surface area (Å²) in [6, 6.07) is 5.30. The van der Waals surface area contributed by atoms with Crippen LogP contribution in [-0.2, 0) is 0 Å². The number of methoxy groups -OCH3 is 1. The molecule has 2 N–H and O–H groups in total. The van der Waals surface area contributed by atoms with E-state index in [-0.39, 0.29) is 11.5 Å². The number of nitrogens with two attached hydrogens (primary N) is 1. The van der Waals surface area contributed by atoms with Crippen LogP contribution in [0.2, 0.25) is 0 Å². The first-order chi connectivity index (χ1) is 9.32. The normalized spacial score (nSPS) is 13.3. The van der Waals surface area contributed by atoms with Gasteiger partial charge in [-0.2, -0.15) is 4.98 Å². The van der Waals surface area contributed by atoms with Gasteiger partial charge in [-0.25, -0.2) is 0 Å². The average molecular weight is 340 g/mol. The van der Waals surface area contributed by atoms with E-state index >= 15 is 0 Å². The molecule has 20 heavy (non-hydrogen) atoms. The van der Waals surface area contributed by atoms with Crippen molar-refractivity contribution in [2.75, 3.05) is 7.11 Å². The van der Waals surface area contributed by atoms with E-state index in [1.54, 1.807) is 7.11 Å². The zero-order chi connectivity index (χ0) is 14.9. The third kappa shape index (κ3) is 3.02. The summed E-state index contributed by atoms with van der Waals surface area (Å²) in [4.78, 5) is 4.38. The maximum Gasteiger partial charge on any atom is 0.258 e. The van der Waals surface area contributed by atoms with Gasteiger partial charge in [0.25, 0.3) is 5.89 Å². The molecule has 0 radical (unpaired) electrons. The molecule has 1 heterocycles. The minimum atomic E-state index is -0.276. The van der Waals surface area contributed by atoms with E-state index in [0.717, 1.165) is 15.8 Å². The molecule has 108 valence electrons. The van der Waals surface area contributed by atoms with Crippen LogP contribution in [0.25, 0.3) is 11.5 Å². The molecule has 0 saturated heterocycles. The van der Waals surface area contributed by atoms with Gasteiger partial charge in [0.1, 0.15) is 5.75 Å². The van der Waals surface area contributed by atoms with Gasteiger partial charge < -0.3 is 15.0 Å². The molecule has 0 fully saturated rings. The van der Waals surface area contributed by atoms with Crippen molar-refractivity contribution in [2.24, 2.45) is 11.1 Å². The first-order valence-corrected chi connectivity index (χ1v) is 7.05. The Morgan fingerprint density at radius 1 is 1.35 bits per heavy atom. The SMILES string of the molecule is COc1ccc(-c2nc(C(N)C(C)(C)C)no2)cc1Br. The first kappa shape index (κ1) is 15.0. The molecule has 0 amide bonds. The summed E-state index contributed by atoms with van der Waals surface area (Å²) < 4.78 is 11.3. The Balaban J connectivity index is 2.31. The van der Waals surface area contributed by atoms with E-state index < -0.39 is 0 Å². The Bertz CT molecular complexity index is 605. The second-order valence-corrected chi connectivity index (χ2v) is 6.51. The standard InChI is InChI=1S/C14H18BrN3O2/c1-14(2,3)11(16)12-17-13(20-18-12)8-5-6-10(19-4)9(15)7-8/h5-7,11H,16H2,1-4H3. The molecule has 0 aliphatic carbocycles. The second kappa shape index (κ2) is 5.54. The van der Waals surface area contributed by atoms with Crippen molar-refractivity contribution in [1.82, 2.24) is 10.1 Å². The maximum absolute atomic E-state index is 6.12. The molecule has 6 heteroatoms. The van der Waals surface area contributed by atoms with Gasteiger partial charge in [0, 0.05) is 5.56 Å². The van der Waals surface area contributed by atoms with Crippen LogP contribution in [0, 0.1) is 5.41 Å². The highest BCUT2D eigenvalue weighted by Crippen LogP contribution is 2.32. The Labute approximate surface area is 126 Å². The lowest BCUT2D eigenvalue weighted by molar-refractivity contribution is 0.303. The number of ether oxygens (including phenoxy) is 1. The summed E-state index contributed by atoms with van der Waals surface area (Å²) in [5.74, 6) is 1.71. The number of nitrogens with zero attached hydrogens (tertiary/aromatic N) is 2. The largest absolute Gasteiger partial charge is 0.496 e. The topological polar surface area (TPSA) is 74.2 Å². The summed E-state index contributed by atoms with van der Waals surface area (Å²) in [5.41, 5.74) is 6.82. The molecule has 1 atom stereocenters. The number of halogens is 1. The fourth-order valence-electron chi connectivity index (χ4n) is 1.67. The van der Waals surface area contributed by atoms with Crippen LogP contribution in [0.1, 0.15) is 32.6 Å². The van der Waals surface area contributed by atoms with Crippen molar-refractivity contribution in [3.05, 3.63) is 28.5 Å². The fraction of sp³-hybridized carbons (Fsp3) is 0.429. The fourth-order valence-corrected chi connectivity index (χ4v) is 2.21. The summed E-state index contributed by atoms with van der Waals surface area (Å²) in [6.45, 7) is 6.12. The van der Waals surface area contributed by atoms with Crippen LogP contribution in [0.4, 0.5) is 0 Å². The van der Waals surface area contributed by atoms with Gasteiger partial charge >= 0.3 is 0 Å². The number of benzene rings is 1. The van der Waals surface area contributed by atoms with Crippen molar-refractivity contribution in [3.63, 3.8) is 0 Å². The van der Waals surface area contributed by atoms with Gasteiger partial charge in [0.15, 0.2) is 5.82 Å². The second-order valence-electron chi connectivity index (χ2n) is 5.65. The molecule has 0 aliphatic rings. The van der Waals surface area contributed by atoms with Gasteiger partial charge in [-0.05, 0) is 39.5 Å². The zero-order valence-corrected chi connectivity index (χ0v) is 13.6. The van der Waals surface area contributed by atoms with Gasteiger partial charge in [0.2, 0.25) is 0 Å². The number of aromatic nitrogens is 2. The lowest BCUT2D eigenvalue weighted by atomic mass is 9.87. The molecular formula is C14H18BrN3O2. The van der Waals surface area contributed by atoms with Crippen LogP contribution in [-0.4, -0.2) is 17.3 Å².